The van der Waals surface area contributed by atoms with Crippen molar-refractivity contribution in [3.63, 3.8) is 0 Å². The molecule has 1 aliphatic heterocycles. The Balaban J connectivity index is 1.98. The second-order valence-corrected chi connectivity index (χ2v) is 3.35. The van der Waals surface area contributed by atoms with Gasteiger partial charge in [-0.2, -0.15) is 0 Å². The molecule has 1 aromatic carbocycles. The molecule has 2 rings (SSSR count). The summed E-state index contributed by atoms with van der Waals surface area (Å²) in [6.07, 6.45) is 1.08. The molecule has 1 aliphatic rings. The first kappa shape index (κ1) is 7.74. The lowest BCUT2D eigenvalue weighted by molar-refractivity contribution is 0.346. The third kappa shape index (κ3) is 1.64. The summed E-state index contributed by atoms with van der Waals surface area (Å²) in [5.74, 6) is 0.612. The Bertz CT molecular complexity index is 251. The third-order valence-corrected chi connectivity index (χ3v) is 2.30. The van der Waals surface area contributed by atoms with Crippen LogP contribution in [0.2, 0.25) is 0 Å². The molecule has 0 amide bonds. The molecule has 0 unspecified atom stereocenters. The number of nitrogens with one attached hydrogen (secondary N) is 1. The summed E-state index contributed by atoms with van der Waals surface area (Å²) in [6.45, 7) is 2.22. The van der Waals surface area contributed by atoms with E-state index in [-0.39, 0.29) is 5.82 Å². The van der Waals surface area contributed by atoms with Gasteiger partial charge in [-0.05, 0) is 43.1 Å². The van der Waals surface area contributed by atoms with E-state index in [0.29, 0.717) is 0 Å². The molecule has 1 heterocycles. The maximum atomic E-state index is 12.5. The first-order valence-electron chi connectivity index (χ1n) is 4.30. The normalized spacial score (nSPS) is 17.4. The number of rotatable bonds is 2. The molecule has 64 valence electrons. The highest BCUT2D eigenvalue weighted by Crippen LogP contribution is 2.12. The fraction of sp³-hybridized carbons (Fsp3) is 0.400. The van der Waals surface area contributed by atoms with Crippen molar-refractivity contribution in [2.24, 2.45) is 5.92 Å². The first-order chi connectivity index (χ1) is 5.84. The van der Waals surface area contributed by atoms with Crippen LogP contribution in [0.25, 0.3) is 0 Å². The van der Waals surface area contributed by atoms with E-state index in [9.17, 15) is 4.39 Å². The van der Waals surface area contributed by atoms with E-state index in [1.54, 1.807) is 0 Å². The van der Waals surface area contributed by atoms with E-state index < -0.39 is 0 Å². The van der Waals surface area contributed by atoms with Gasteiger partial charge in [-0.25, -0.2) is 4.39 Å². The van der Waals surface area contributed by atoms with Crippen LogP contribution < -0.4 is 5.32 Å². The van der Waals surface area contributed by atoms with Crippen molar-refractivity contribution in [1.29, 1.82) is 0 Å². The average Bonchev–Trinajstić information content (AvgIpc) is 2.00. The molecule has 0 bridgehead atoms. The summed E-state index contributed by atoms with van der Waals surface area (Å²) in [5.41, 5.74) is 1.24. The standard InChI is InChI=1S/C10H12FN/c11-10-3-1-8(2-4-10)5-9-6-12-7-9/h1-4,9,12H,5-7H2. The molecule has 1 aromatic rings. The highest BCUT2D eigenvalue weighted by atomic mass is 19.1. The van der Waals surface area contributed by atoms with Gasteiger partial charge in [-0.15, -0.1) is 0 Å². The Hall–Kier alpha value is -0.890. The Kier molecular flexibility index (Phi) is 2.09. The molecule has 12 heavy (non-hydrogen) atoms. The predicted molar refractivity (Wildman–Crippen MR) is 46.5 cm³/mol. The molecule has 0 radical (unpaired) electrons. The molecular formula is C10H12FN. The van der Waals surface area contributed by atoms with Crippen molar-refractivity contribution in [2.75, 3.05) is 13.1 Å². The van der Waals surface area contributed by atoms with Crippen LogP contribution in [0.15, 0.2) is 24.3 Å². The monoisotopic (exact) mass is 165 g/mol. The molecule has 2 heteroatoms. The molecule has 0 aliphatic carbocycles. The van der Waals surface area contributed by atoms with E-state index >= 15 is 0 Å². The Labute approximate surface area is 71.6 Å². The fourth-order valence-electron chi connectivity index (χ4n) is 1.45. The van der Waals surface area contributed by atoms with Crippen LogP contribution in [0.5, 0.6) is 0 Å². The smallest absolute Gasteiger partial charge is 0.123 e. The fourth-order valence-corrected chi connectivity index (χ4v) is 1.45. The highest BCUT2D eigenvalue weighted by molar-refractivity contribution is 5.17. The summed E-state index contributed by atoms with van der Waals surface area (Å²) in [4.78, 5) is 0. The zero-order valence-electron chi connectivity index (χ0n) is 6.89. The Morgan fingerprint density at radius 3 is 2.42 bits per heavy atom. The van der Waals surface area contributed by atoms with Crippen molar-refractivity contribution < 1.29 is 4.39 Å². The summed E-state index contributed by atoms with van der Waals surface area (Å²) < 4.78 is 12.5. The van der Waals surface area contributed by atoms with Gasteiger partial charge in [0.2, 0.25) is 0 Å². The quantitative estimate of drug-likeness (QED) is 0.701. The molecule has 1 N–H and O–H groups in total. The van der Waals surface area contributed by atoms with Gasteiger partial charge in [0.25, 0.3) is 0 Å². The van der Waals surface area contributed by atoms with Gasteiger partial charge < -0.3 is 5.32 Å². The lowest BCUT2D eigenvalue weighted by Crippen LogP contribution is -2.43. The SMILES string of the molecule is Fc1ccc(CC2CNC2)cc1. The molecule has 0 saturated carbocycles. The van der Waals surface area contributed by atoms with Crippen LogP contribution in [0.4, 0.5) is 4.39 Å². The van der Waals surface area contributed by atoms with Crippen molar-refractivity contribution in [2.45, 2.75) is 6.42 Å². The third-order valence-electron chi connectivity index (χ3n) is 2.30. The van der Waals surface area contributed by atoms with Crippen LogP contribution >= 0.6 is 0 Å². The molecule has 1 saturated heterocycles. The van der Waals surface area contributed by atoms with Gasteiger partial charge in [-0.1, -0.05) is 12.1 Å². The van der Waals surface area contributed by atoms with E-state index in [2.05, 4.69) is 5.32 Å². The molecule has 0 spiro atoms. The Morgan fingerprint density at radius 1 is 1.25 bits per heavy atom. The van der Waals surface area contributed by atoms with Gasteiger partial charge in [0.15, 0.2) is 0 Å². The molecule has 1 nitrogen and oxygen atoms in total. The lowest BCUT2D eigenvalue weighted by atomic mass is 9.94. The minimum Gasteiger partial charge on any atom is -0.316 e. The zero-order valence-corrected chi connectivity index (χ0v) is 6.89. The molecule has 0 atom stereocenters. The van der Waals surface area contributed by atoms with Gasteiger partial charge >= 0.3 is 0 Å². The van der Waals surface area contributed by atoms with Gasteiger partial charge in [0.1, 0.15) is 5.82 Å². The average molecular weight is 165 g/mol. The number of benzene rings is 1. The summed E-state index contributed by atoms with van der Waals surface area (Å²) in [7, 11) is 0. The Morgan fingerprint density at radius 2 is 1.92 bits per heavy atom. The highest BCUT2D eigenvalue weighted by Gasteiger charge is 2.16. The largest absolute Gasteiger partial charge is 0.316 e. The van der Waals surface area contributed by atoms with Crippen molar-refractivity contribution >= 4 is 0 Å². The van der Waals surface area contributed by atoms with Crippen LogP contribution in [0, 0.1) is 11.7 Å². The van der Waals surface area contributed by atoms with Crippen molar-refractivity contribution in [3.8, 4) is 0 Å². The maximum absolute atomic E-state index is 12.5. The second-order valence-electron chi connectivity index (χ2n) is 3.35. The first-order valence-corrected chi connectivity index (χ1v) is 4.30. The predicted octanol–water partition coefficient (Wildman–Crippen LogP) is 1.59. The van der Waals surface area contributed by atoms with Crippen LogP contribution in [-0.4, -0.2) is 13.1 Å². The molecule has 1 fully saturated rings. The molecule has 0 aromatic heterocycles. The number of halogens is 1. The minimum atomic E-state index is -0.148. The lowest BCUT2D eigenvalue weighted by Gasteiger charge is -2.26. The van der Waals surface area contributed by atoms with Crippen molar-refractivity contribution in [1.82, 2.24) is 5.32 Å². The van der Waals surface area contributed by atoms with E-state index in [1.807, 2.05) is 12.1 Å². The van der Waals surface area contributed by atoms with Crippen LogP contribution in [-0.2, 0) is 6.42 Å². The molecular weight excluding hydrogens is 153 g/mol. The van der Waals surface area contributed by atoms with Gasteiger partial charge in [0.05, 0.1) is 0 Å². The topological polar surface area (TPSA) is 12.0 Å². The van der Waals surface area contributed by atoms with Gasteiger partial charge in [0, 0.05) is 0 Å². The van der Waals surface area contributed by atoms with Crippen molar-refractivity contribution in [3.05, 3.63) is 35.6 Å². The van der Waals surface area contributed by atoms with Gasteiger partial charge in [-0.3, -0.25) is 0 Å². The maximum Gasteiger partial charge on any atom is 0.123 e. The van der Waals surface area contributed by atoms with E-state index in [0.717, 1.165) is 25.4 Å². The summed E-state index contributed by atoms with van der Waals surface area (Å²) in [6, 6.07) is 6.80. The van der Waals surface area contributed by atoms with E-state index in [1.165, 1.54) is 17.7 Å². The van der Waals surface area contributed by atoms with Crippen LogP contribution in [0.1, 0.15) is 5.56 Å². The second kappa shape index (κ2) is 3.23. The summed E-state index contributed by atoms with van der Waals surface area (Å²) >= 11 is 0. The summed E-state index contributed by atoms with van der Waals surface area (Å²) in [5, 5.41) is 3.22. The number of hydrogen-bond acceptors (Lipinski definition) is 1. The van der Waals surface area contributed by atoms with Crippen LogP contribution in [0.3, 0.4) is 0 Å². The van der Waals surface area contributed by atoms with E-state index in [4.69, 9.17) is 0 Å². The minimum absolute atomic E-state index is 0.148. The number of hydrogen-bond donors (Lipinski definition) is 1. The zero-order chi connectivity index (χ0) is 8.39.